The van der Waals surface area contributed by atoms with Crippen molar-refractivity contribution < 1.29 is 4.79 Å². The zero-order chi connectivity index (χ0) is 19.7. The smallest absolute Gasteiger partial charge is 0.266 e. The van der Waals surface area contributed by atoms with Crippen molar-refractivity contribution in [3.8, 4) is 5.69 Å². The molecule has 1 aliphatic heterocycles. The average Bonchev–Trinajstić information content (AvgIpc) is 3.03. The van der Waals surface area contributed by atoms with Crippen molar-refractivity contribution in [2.45, 2.75) is 41.5 Å². The Balaban J connectivity index is 2.04. The van der Waals surface area contributed by atoms with Crippen LogP contribution in [0.1, 0.15) is 41.9 Å². The number of rotatable bonds is 4. The first-order valence-electron chi connectivity index (χ1n) is 9.39. The number of aryl methyl sites for hydroxylation is 3. The van der Waals surface area contributed by atoms with Gasteiger partial charge < -0.3 is 4.57 Å². The summed E-state index contributed by atoms with van der Waals surface area (Å²) in [6, 6.07) is 8.73. The second-order valence-corrected chi connectivity index (χ2v) is 7.93. The monoisotopic (exact) mass is 381 g/mol. The first-order valence-corrected chi connectivity index (χ1v) is 10.2. The molecule has 0 bridgehead atoms. The molecule has 0 saturated carbocycles. The lowest BCUT2D eigenvalue weighted by Crippen LogP contribution is -2.28. The standard InChI is InChI=1S/C22H27N3OS/c1-7-23-22-24(8-2)21(26)20(27-22)13-18-12-16(5)25(17(18)6)19-10-14(3)9-15(4)11-19/h9-13H,7-8H2,1-6H3/b20-13+,23-22?. The van der Waals surface area contributed by atoms with E-state index >= 15 is 0 Å². The van der Waals surface area contributed by atoms with Gasteiger partial charge >= 0.3 is 0 Å². The third kappa shape index (κ3) is 3.74. The van der Waals surface area contributed by atoms with Crippen LogP contribution in [0, 0.1) is 27.7 Å². The quantitative estimate of drug-likeness (QED) is 0.697. The van der Waals surface area contributed by atoms with Gasteiger partial charge in [0.1, 0.15) is 0 Å². The number of hydrogen-bond acceptors (Lipinski definition) is 3. The fraction of sp³-hybridized carbons (Fsp3) is 0.364. The van der Waals surface area contributed by atoms with Crippen LogP contribution in [0.3, 0.4) is 0 Å². The van der Waals surface area contributed by atoms with Crippen LogP contribution in [0.25, 0.3) is 11.8 Å². The van der Waals surface area contributed by atoms with Crippen molar-refractivity contribution in [3.05, 3.63) is 57.2 Å². The first-order chi connectivity index (χ1) is 12.8. The minimum Gasteiger partial charge on any atom is -0.318 e. The number of benzene rings is 1. The van der Waals surface area contributed by atoms with Gasteiger partial charge in [-0.2, -0.15) is 0 Å². The average molecular weight is 382 g/mol. The van der Waals surface area contributed by atoms with Gasteiger partial charge in [-0.3, -0.25) is 14.7 Å². The summed E-state index contributed by atoms with van der Waals surface area (Å²) < 4.78 is 2.26. The van der Waals surface area contributed by atoms with E-state index in [-0.39, 0.29) is 5.91 Å². The highest BCUT2D eigenvalue weighted by atomic mass is 32.2. The number of aliphatic imine (C=N–C) groups is 1. The van der Waals surface area contributed by atoms with Crippen molar-refractivity contribution in [3.63, 3.8) is 0 Å². The summed E-state index contributed by atoms with van der Waals surface area (Å²) in [5.41, 5.74) is 7.05. The lowest BCUT2D eigenvalue weighted by molar-refractivity contribution is -0.122. The van der Waals surface area contributed by atoms with Gasteiger partial charge in [0.2, 0.25) is 0 Å². The van der Waals surface area contributed by atoms with Gasteiger partial charge in [-0.1, -0.05) is 6.07 Å². The van der Waals surface area contributed by atoms with E-state index in [2.05, 4.69) is 61.5 Å². The molecule has 0 aliphatic carbocycles. The highest BCUT2D eigenvalue weighted by molar-refractivity contribution is 8.18. The first kappa shape index (κ1) is 19.5. The fourth-order valence-corrected chi connectivity index (χ4v) is 4.69. The van der Waals surface area contributed by atoms with E-state index in [4.69, 9.17) is 0 Å². The Labute approximate surface area is 166 Å². The minimum atomic E-state index is 0.0471. The minimum absolute atomic E-state index is 0.0471. The summed E-state index contributed by atoms with van der Waals surface area (Å²) in [6.07, 6.45) is 2.01. The van der Waals surface area contributed by atoms with E-state index in [0.717, 1.165) is 27.0 Å². The molecule has 0 N–H and O–H groups in total. The van der Waals surface area contributed by atoms with Crippen molar-refractivity contribution in [2.24, 2.45) is 4.99 Å². The second kappa shape index (κ2) is 7.77. The predicted octanol–water partition coefficient (Wildman–Crippen LogP) is 5.02. The van der Waals surface area contributed by atoms with Gasteiger partial charge in [-0.25, -0.2) is 0 Å². The molecule has 5 heteroatoms. The molecular formula is C22H27N3OS. The van der Waals surface area contributed by atoms with Gasteiger partial charge in [0.25, 0.3) is 5.91 Å². The molecule has 1 saturated heterocycles. The Morgan fingerprint density at radius 2 is 1.70 bits per heavy atom. The molecule has 1 aromatic heterocycles. The van der Waals surface area contributed by atoms with Crippen LogP contribution in [-0.2, 0) is 4.79 Å². The van der Waals surface area contributed by atoms with Crippen LogP contribution >= 0.6 is 11.8 Å². The number of thioether (sulfide) groups is 1. The topological polar surface area (TPSA) is 37.6 Å². The molecule has 142 valence electrons. The van der Waals surface area contributed by atoms with Crippen LogP contribution in [-0.4, -0.2) is 33.6 Å². The largest absolute Gasteiger partial charge is 0.318 e. The molecular weight excluding hydrogens is 354 g/mol. The summed E-state index contributed by atoms with van der Waals surface area (Å²) in [5.74, 6) is 0.0471. The number of carbonyl (C=O) groups is 1. The van der Waals surface area contributed by atoms with Crippen LogP contribution in [0.2, 0.25) is 0 Å². The molecule has 2 aromatic rings. The fourth-order valence-electron chi connectivity index (χ4n) is 3.59. The third-order valence-electron chi connectivity index (χ3n) is 4.72. The molecule has 2 heterocycles. The molecule has 1 amide bonds. The van der Waals surface area contributed by atoms with Gasteiger partial charge in [-0.15, -0.1) is 0 Å². The molecule has 0 unspecified atom stereocenters. The lowest BCUT2D eigenvalue weighted by atomic mass is 10.1. The molecule has 0 radical (unpaired) electrons. The highest BCUT2D eigenvalue weighted by Crippen LogP contribution is 2.34. The SMILES string of the molecule is CCN=C1S/C(=C/c2cc(C)n(-c3cc(C)cc(C)c3)c2C)C(=O)N1CC. The van der Waals surface area contributed by atoms with Crippen molar-refractivity contribution in [1.29, 1.82) is 0 Å². The summed E-state index contributed by atoms with van der Waals surface area (Å²) in [7, 11) is 0. The number of hydrogen-bond donors (Lipinski definition) is 0. The second-order valence-electron chi connectivity index (χ2n) is 6.92. The molecule has 0 spiro atoms. The molecule has 1 aromatic carbocycles. The number of amidine groups is 1. The van der Waals surface area contributed by atoms with Gasteiger partial charge in [-0.05, 0) is 94.3 Å². The number of aromatic nitrogens is 1. The van der Waals surface area contributed by atoms with Gasteiger partial charge in [0.15, 0.2) is 5.17 Å². The maximum absolute atomic E-state index is 12.7. The number of amides is 1. The summed E-state index contributed by atoms with van der Waals surface area (Å²) in [4.78, 5) is 19.7. The van der Waals surface area contributed by atoms with Crippen LogP contribution in [0.5, 0.6) is 0 Å². The third-order valence-corrected chi connectivity index (χ3v) is 5.76. The highest BCUT2D eigenvalue weighted by Gasteiger charge is 2.32. The lowest BCUT2D eigenvalue weighted by Gasteiger charge is -2.12. The number of likely N-dealkylation sites (N-methyl/N-ethyl adjacent to an activating group) is 1. The van der Waals surface area contributed by atoms with Crippen LogP contribution < -0.4 is 0 Å². The zero-order valence-corrected chi connectivity index (χ0v) is 17.8. The zero-order valence-electron chi connectivity index (χ0n) is 17.0. The predicted molar refractivity (Wildman–Crippen MR) is 116 cm³/mol. The normalized spacial score (nSPS) is 17.6. The number of nitrogens with zero attached hydrogens (tertiary/aromatic N) is 3. The molecule has 0 atom stereocenters. The van der Waals surface area contributed by atoms with Crippen LogP contribution in [0.15, 0.2) is 34.2 Å². The Kier molecular flexibility index (Phi) is 5.61. The van der Waals surface area contributed by atoms with Crippen molar-refractivity contribution >= 4 is 28.9 Å². The molecule has 1 aliphatic rings. The van der Waals surface area contributed by atoms with E-state index < -0.39 is 0 Å². The van der Waals surface area contributed by atoms with Gasteiger partial charge in [0.05, 0.1) is 4.91 Å². The van der Waals surface area contributed by atoms with E-state index in [1.54, 1.807) is 4.90 Å². The summed E-state index contributed by atoms with van der Waals surface area (Å²) in [5, 5.41) is 0.805. The number of carbonyl (C=O) groups excluding carboxylic acids is 1. The van der Waals surface area contributed by atoms with Crippen molar-refractivity contribution in [2.75, 3.05) is 13.1 Å². The molecule has 4 nitrogen and oxygen atoms in total. The summed E-state index contributed by atoms with van der Waals surface area (Å²) >= 11 is 1.47. The molecule has 3 rings (SSSR count). The Morgan fingerprint density at radius 1 is 1.04 bits per heavy atom. The van der Waals surface area contributed by atoms with E-state index in [1.807, 2.05) is 19.9 Å². The summed E-state index contributed by atoms with van der Waals surface area (Å²) in [6.45, 7) is 13.8. The van der Waals surface area contributed by atoms with Gasteiger partial charge in [0, 0.05) is 30.2 Å². The van der Waals surface area contributed by atoms with Crippen molar-refractivity contribution in [1.82, 2.24) is 9.47 Å². The molecule has 1 fully saturated rings. The molecule has 27 heavy (non-hydrogen) atoms. The Morgan fingerprint density at radius 3 is 2.30 bits per heavy atom. The van der Waals surface area contributed by atoms with E-state index in [9.17, 15) is 4.79 Å². The van der Waals surface area contributed by atoms with Crippen LogP contribution in [0.4, 0.5) is 0 Å². The van der Waals surface area contributed by atoms with E-state index in [0.29, 0.717) is 13.1 Å². The van der Waals surface area contributed by atoms with E-state index in [1.165, 1.54) is 28.6 Å². The Bertz CT molecular complexity index is 932. The maximum atomic E-state index is 12.7. The maximum Gasteiger partial charge on any atom is 0.266 e. The Hall–Kier alpha value is -2.27.